The first-order valence-electron chi connectivity index (χ1n) is 13.3. The molecule has 3 N–H and O–H groups in total. The third-order valence-electron chi connectivity index (χ3n) is 7.39. The minimum atomic E-state index is -0.380. The van der Waals surface area contributed by atoms with Gasteiger partial charge in [0.05, 0.1) is 28.1 Å². The molecule has 11 heteroatoms. The van der Waals surface area contributed by atoms with E-state index in [1.54, 1.807) is 23.4 Å². The van der Waals surface area contributed by atoms with Crippen LogP contribution in [0, 0.1) is 13.8 Å². The van der Waals surface area contributed by atoms with E-state index in [2.05, 4.69) is 32.5 Å². The maximum absolute atomic E-state index is 13.6. The summed E-state index contributed by atoms with van der Waals surface area (Å²) in [5.74, 6) is 0.712. The monoisotopic (exact) mass is 568 g/mol. The number of benzene rings is 1. The molecule has 1 aromatic carbocycles. The lowest BCUT2D eigenvalue weighted by molar-refractivity contribution is -0.117. The van der Waals surface area contributed by atoms with Crippen molar-refractivity contribution in [2.24, 2.45) is 0 Å². The number of pyridine rings is 2. The highest BCUT2D eigenvalue weighted by molar-refractivity contribution is 7.21. The number of nitrogens with one attached hydrogen (secondary N) is 3. The van der Waals surface area contributed by atoms with Crippen molar-refractivity contribution in [3.05, 3.63) is 77.6 Å². The highest BCUT2D eigenvalue weighted by Crippen LogP contribution is 2.46. The van der Waals surface area contributed by atoms with Gasteiger partial charge in [-0.05, 0) is 81.1 Å². The van der Waals surface area contributed by atoms with Crippen molar-refractivity contribution in [2.75, 3.05) is 10.2 Å². The fraction of sp³-hybridized carbons (Fsp3) is 0.233. The van der Waals surface area contributed by atoms with Crippen LogP contribution in [0.2, 0.25) is 0 Å². The van der Waals surface area contributed by atoms with Gasteiger partial charge in [0.2, 0.25) is 5.91 Å². The molecule has 208 valence electrons. The van der Waals surface area contributed by atoms with E-state index in [0.717, 1.165) is 30.5 Å². The minimum Gasteiger partial charge on any atom is -0.455 e. The van der Waals surface area contributed by atoms with Gasteiger partial charge < -0.3 is 20.7 Å². The van der Waals surface area contributed by atoms with Crippen LogP contribution in [-0.4, -0.2) is 39.9 Å². The summed E-state index contributed by atoms with van der Waals surface area (Å²) in [4.78, 5) is 50.2. The van der Waals surface area contributed by atoms with Gasteiger partial charge >= 0.3 is 6.03 Å². The van der Waals surface area contributed by atoms with Gasteiger partial charge in [0.1, 0.15) is 21.2 Å². The van der Waals surface area contributed by atoms with E-state index in [9.17, 15) is 14.4 Å². The molecule has 4 heterocycles. The number of aryl methyl sites for hydroxylation is 2. The van der Waals surface area contributed by atoms with Gasteiger partial charge in [0, 0.05) is 24.5 Å². The van der Waals surface area contributed by atoms with Crippen molar-refractivity contribution in [1.82, 2.24) is 20.6 Å². The molecular formula is C30H28N6O4S. The van der Waals surface area contributed by atoms with Crippen LogP contribution in [0.1, 0.15) is 40.2 Å². The predicted octanol–water partition coefficient (Wildman–Crippen LogP) is 5.74. The molecule has 0 radical (unpaired) electrons. The van der Waals surface area contributed by atoms with Crippen LogP contribution >= 0.6 is 11.3 Å². The second kappa shape index (κ2) is 10.7. The Morgan fingerprint density at radius 1 is 1.10 bits per heavy atom. The first-order valence-corrected chi connectivity index (χ1v) is 14.1. The zero-order valence-electron chi connectivity index (χ0n) is 22.6. The van der Waals surface area contributed by atoms with Crippen LogP contribution in [0.4, 0.5) is 21.9 Å². The maximum atomic E-state index is 13.6. The van der Waals surface area contributed by atoms with Crippen LogP contribution in [0.25, 0.3) is 10.2 Å². The molecule has 0 unspecified atom stereocenters. The van der Waals surface area contributed by atoms with Crippen LogP contribution in [0.15, 0.2) is 61.4 Å². The Morgan fingerprint density at radius 2 is 1.90 bits per heavy atom. The van der Waals surface area contributed by atoms with Crippen molar-refractivity contribution < 1.29 is 19.1 Å². The van der Waals surface area contributed by atoms with E-state index < -0.39 is 0 Å². The second-order valence-corrected chi connectivity index (χ2v) is 11.0. The van der Waals surface area contributed by atoms with E-state index in [0.29, 0.717) is 43.7 Å². The molecule has 4 aromatic rings. The molecule has 2 aliphatic rings. The number of thiophene rings is 1. The Balaban J connectivity index is 1.30. The van der Waals surface area contributed by atoms with E-state index >= 15 is 0 Å². The summed E-state index contributed by atoms with van der Waals surface area (Å²) in [5, 5.41) is 9.61. The third-order valence-corrected chi connectivity index (χ3v) is 8.49. The van der Waals surface area contributed by atoms with E-state index in [1.807, 2.05) is 44.2 Å². The summed E-state index contributed by atoms with van der Waals surface area (Å²) in [6, 6.07) is 10.2. The molecule has 1 saturated carbocycles. The SMILES string of the molecule is C=CC(=O)N[C@H]1CCC[C@H]1NC(=O)c1sc2nccc3c2c1NC(=O)N3c1ccc(Oc2cccnc2C)cc1C. The van der Waals surface area contributed by atoms with Crippen molar-refractivity contribution in [3.63, 3.8) is 0 Å². The molecule has 10 nitrogen and oxygen atoms in total. The van der Waals surface area contributed by atoms with Gasteiger partial charge in [-0.2, -0.15) is 0 Å². The molecule has 0 spiro atoms. The topological polar surface area (TPSA) is 126 Å². The van der Waals surface area contributed by atoms with Crippen molar-refractivity contribution in [2.45, 2.75) is 45.2 Å². The third kappa shape index (κ3) is 4.89. The highest BCUT2D eigenvalue weighted by atomic mass is 32.1. The Labute approximate surface area is 240 Å². The number of carbonyl (C=O) groups is 3. The summed E-state index contributed by atoms with van der Waals surface area (Å²) in [7, 11) is 0. The summed E-state index contributed by atoms with van der Waals surface area (Å²) < 4.78 is 6.03. The molecule has 0 saturated heterocycles. The lowest BCUT2D eigenvalue weighted by atomic mass is 10.1. The van der Waals surface area contributed by atoms with E-state index in [1.165, 1.54) is 17.4 Å². The molecule has 0 bridgehead atoms. The second-order valence-electron chi connectivity index (χ2n) is 10.0. The zero-order valence-corrected chi connectivity index (χ0v) is 23.4. The van der Waals surface area contributed by atoms with Crippen molar-refractivity contribution in [1.29, 1.82) is 0 Å². The number of nitrogens with zero attached hydrogens (tertiary/aromatic N) is 3. The van der Waals surface area contributed by atoms with Crippen molar-refractivity contribution >= 4 is 56.5 Å². The van der Waals surface area contributed by atoms with Gasteiger partial charge in [-0.1, -0.05) is 6.58 Å². The predicted molar refractivity (Wildman–Crippen MR) is 158 cm³/mol. The number of hydrogen-bond donors (Lipinski definition) is 3. The zero-order chi connectivity index (χ0) is 28.7. The van der Waals surface area contributed by atoms with Crippen LogP contribution in [-0.2, 0) is 4.79 Å². The van der Waals surface area contributed by atoms with Gasteiger partial charge in [-0.3, -0.25) is 19.5 Å². The number of amides is 4. The molecule has 1 aliphatic heterocycles. The molecule has 1 fully saturated rings. The smallest absolute Gasteiger partial charge is 0.331 e. The van der Waals surface area contributed by atoms with Gasteiger partial charge in [-0.15, -0.1) is 11.3 Å². The average Bonchev–Trinajstić information content (AvgIpc) is 3.55. The Kier molecular flexibility index (Phi) is 6.88. The minimum absolute atomic E-state index is 0.175. The van der Waals surface area contributed by atoms with E-state index in [-0.39, 0.29) is 29.9 Å². The summed E-state index contributed by atoms with van der Waals surface area (Å²) in [6.45, 7) is 7.30. The molecule has 1 aliphatic carbocycles. The van der Waals surface area contributed by atoms with Gasteiger partial charge in [0.25, 0.3) is 5.91 Å². The number of hydrogen-bond acceptors (Lipinski definition) is 7. The summed E-state index contributed by atoms with van der Waals surface area (Å²) in [5.41, 5.74) is 3.37. The van der Waals surface area contributed by atoms with Crippen LogP contribution in [0.3, 0.4) is 0 Å². The van der Waals surface area contributed by atoms with E-state index in [4.69, 9.17) is 4.74 Å². The lowest BCUT2D eigenvalue weighted by Crippen LogP contribution is -2.48. The van der Waals surface area contributed by atoms with Crippen LogP contribution in [0.5, 0.6) is 11.5 Å². The molecule has 41 heavy (non-hydrogen) atoms. The number of aromatic nitrogens is 2. The first-order chi connectivity index (χ1) is 19.8. The fourth-order valence-electron chi connectivity index (χ4n) is 5.41. The lowest BCUT2D eigenvalue weighted by Gasteiger charge is -2.29. The van der Waals surface area contributed by atoms with Gasteiger partial charge in [-0.25, -0.2) is 9.78 Å². The molecule has 4 amide bonds. The van der Waals surface area contributed by atoms with Crippen molar-refractivity contribution in [3.8, 4) is 11.5 Å². The number of ether oxygens (including phenoxy) is 1. The number of anilines is 3. The first kappa shape index (κ1) is 26.5. The number of carbonyl (C=O) groups excluding carboxylic acids is 3. The van der Waals surface area contributed by atoms with Gasteiger partial charge in [0.15, 0.2) is 0 Å². The number of urea groups is 1. The highest BCUT2D eigenvalue weighted by Gasteiger charge is 2.35. The fourth-order valence-corrected chi connectivity index (χ4v) is 6.43. The Hall–Kier alpha value is -4.77. The quantitative estimate of drug-likeness (QED) is 0.244. The summed E-state index contributed by atoms with van der Waals surface area (Å²) in [6.07, 6.45) is 6.98. The maximum Gasteiger partial charge on any atom is 0.331 e. The Morgan fingerprint density at radius 3 is 2.66 bits per heavy atom. The largest absolute Gasteiger partial charge is 0.455 e. The standard InChI is InChI=1S/C30H28N6O4S/c1-4-24(37)33-19-7-5-8-20(19)34-28(38)27-26-25-22(12-14-32-29(25)41-27)36(30(39)35-26)21-11-10-18(15-16(21)2)40-23-9-6-13-31-17(23)3/h4,6,9-15,19-20H,1,5,7-8H2,2-3H3,(H,33,37)(H,34,38)(H,35,39)/t19-,20+/m0/s1. The Bertz CT molecular complexity index is 1720. The molecule has 3 aromatic heterocycles. The molecular weight excluding hydrogens is 540 g/mol. The number of rotatable bonds is 7. The molecule has 2 atom stereocenters. The average molecular weight is 569 g/mol. The molecule has 6 rings (SSSR count). The summed E-state index contributed by atoms with van der Waals surface area (Å²) >= 11 is 1.23. The van der Waals surface area contributed by atoms with Crippen LogP contribution < -0.4 is 25.6 Å². The normalized spacial score (nSPS) is 17.7.